The monoisotopic (exact) mass is 306 g/mol. The average Bonchev–Trinajstić information content (AvgIpc) is 2.46. The van der Waals surface area contributed by atoms with E-state index in [2.05, 4.69) is 10.2 Å². The molecule has 7 heteroatoms. The zero-order valence-electron chi connectivity index (χ0n) is 11.4. The summed E-state index contributed by atoms with van der Waals surface area (Å²) < 4.78 is 39.2. The summed E-state index contributed by atoms with van der Waals surface area (Å²) >= 11 is 0. The van der Waals surface area contributed by atoms with Crippen LogP contribution in [0.25, 0.3) is 11.1 Å². The molecule has 0 amide bonds. The number of nitrogens with two attached hydrogens (primary N) is 2. The van der Waals surface area contributed by atoms with Gasteiger partial charge in [0.05, 0.1) is 11.8 Å². The van der Waals surface area contributed by atoms with Gasteiger partial charge < -0.3 is 11.5 Å². The van der Waals surface area contributed by atoms with E-state index in [1.807, 2.05) is 0 Å². The van der Waals surface area contributed by atoms with E-state index in [4.69, 9.17) is 11.5 Å². The summed E-state index contributed by atoms with van der Waals surface area (Å²) in [6.07, 6.45) is -3.06. The van der Waals surface area contributed by atoms with Crippen molar-refractivity contribution in [2.45, 2.75) is 6.18 Å². The largest absolute Gasteiger partial charge is 0.417 e. The molecule has 0 aliphatic heterocycles. The smallest absolute Gasteiger partial charge is 0.369 e. The minimum Gasteiger partial charge on any atom is -0.369 e. The normalized spacial score (nSPS) is 11.6. The summed E-state index contributed by atoms with van der Waals surface area (Å²) in [6.45, 7) is 0. The molecule has 2 aromatic carbocycles. The third-order valence-electron chi connectivity index (χ3n) is 2.81. The number of nitrogens with zero attached hydrogens (tertiary/aromatic N) is 2. The fourth-order valence-corrected chi connectivity index (χ4v) is 1.93. The van der Waals surface area contributed by atoms with Crippen molar-refractivity contribution < 1.29 is 13.2 Å². The second kappa shape index (κ2) is 6.30. The molecule has 0 bridgehead atoms. The van der Waals surface area contributed by atoms with Crippen molar-refractivity contribution in [3.8, 4) is 11.1 Å². The Hall–Kier alpha value is -2.83. The van der Waals surface area contributed by atoms with Gasteiger partial charge in [0.2, 0.25) is 5.96 Å². The highest BCUT2D eigenvalue weighted by atomic mass is 19.4. The lowest BCUT2D eigenvalue weighted by Crippen LogP contribution is -2.21. The number of halogens is 3. The molecule has 114 valence electrons. The van der Waals surface area contributed by atoms with Crippen molar-refractivity contribution in [2.75, 3.05) is 0 Å². The van der Waals surface area contributed by atoms with Crippen molar-refractivity contribution in [3.05, 3.63) is 59.7 Å². The van der Waals surface area contributed by atoms with E-state index >= 15 is 0 Å². The lowest BCUT2D eigenvalue weighted by Gasteiger charge is -2.13. The Labute approximate surface area is 125 Å². The minimum absolute atomic E-state index is 0.104. The molecule has 0 aliphatic carbocycles. The second-order valence-corrected chi connectivity index (χ2v) is 4.44. The molecular weight excluding hydrogens is 293 g/mol. The molecule has 0 fully saturated rings. The zero-order valence-corrected chi connectivity index (χ0v) is 11.4. The van der Waals surface area contributed by atoms with Crippen LogP contribution in [-0.2, 0) is 6.18 Å². The van der Waals surface area contributed by atoms with Gasteiger partial charge in [0.1, 0.15) is 0 Å². The van der Waals surface area contributed by atoms with Crippen molar-refractivity contribution in [3.63, 3.8) is 0 Å². The van der Waals surface area contributed by atoms with Crippen LogP contribution in [0.15, 0.2) is 58.7 Å². The van der Waals surface area contributed by atoms with Gasteiger partial charge in [0.25, 0.3) is 0 Å². The Kier molecular flexibility index (Phi) is 4.45. The second-order valence-electron chi connectivity index (χ2n) is 4.44. The number of rotatable bonds is 3. The fourth-order valence-electron chi connectivity index (χ4n) is 1.93. The highest BCUT2D eigenvalue weighted by molar-refractivity contribution is 5.84. The molecule has 2 aromatic rings. The lowest BCUT2D eigenvalue weighted by molar-refractivity contribution is -0.137. The molecule has 2 rings (SSSR count). The first kappa shape index (κ1) is 15.6. The molecule has 0 saturated heterocycles. The van der Waals surface area contributed by atoms with Crippen molar-refractivity contribution in [2.24, 2.45) is 21.7 Å². The van der Waals surface area contributed by atoms with E-state index < -0.39 is 11.7 Å². The predicted octanol–water partition coefficient (Wildman–Crippen LogP) is 2.98. The van der Waals surface area contributed by atoms with Crippen molar-refractivity contribution in [1.29, 1.82) is 0 Å². The number of hydrogen-bond acceptors (Lipinski definition) is 2. The molecule has 0 atom stereocenters. The fraction of sp³-hybridized carbons (Fsp3) is 0.0667. The van der Waals surface area contributed by atoms with Gasteiger partial charge in [-0.1, -0.05) is 36.4 Å². The van der Waals surface area contributed by atoms with Gasteiger partial charge in [0, 0.05) is 0 Å². The van der Waals surface area contributed by atoms with Crippen LogP contribution in [0.2, 0.25) is 0 Å². The molecular formula is C15H13F3N4. The lowest BCUT2D eigenvalue weighted by atomic mass is 9.98. The first-order valence-corrected chi connectivity index (χ1v) is 6.26. The van der Waals surface area contributed by atoms with E-state index in [0.29, 0.717) is 11.1 Å². The summed E-state index contributed by atoms with van der Waals surface area (Å²) in [5.74, 6) is -0.199. The van der Waals surface area contributed by atoms with Gasteiger partial charge in [-0.3, -0.25) is 0 Å². The maximum atomic E-state index is 13.1. The van der Waals surface area contributed by atoms with Crippen LogP contribution in [0.4, 0.5) is 13.2 Å². The molecule has 0 unspecified atom stereocenters. The van der Waals surface area contributed by atoms with Crippen LogP contribution in [0.1, 0.15) is 11.1 Å². The maximum absolute atomic E-state index is 13.1. The zero-order chi connectivity index (χ0) is 16.2. The van der Waals surface area contributed by atoms with Gasteiger partial charge >= 0.3 is 6.18 Å². The van der Waals surface area contributed by atoms with Gasteiger partial charge in [-0.15, -0.1) is 5.10 Å². The van der Waals surface area contributed by atoms with E-state index in [1.165, 1.54) is 18.3 Å². The highest BCUT2D eigenvalue weighted by Crippen LogP contribution is 2.36. The Morgan fingerprint density at radius 2 is 1.73 bits per heavy atom. The molecule has 0 saturated carbocycles. The van der Waals surface area contributed by atoms with Crippen LogP contribution in [0, 0.1) is 0 Å². The van der Waals surface area contributed by atoms with Crippen LogP contribution >= 0.6 is 0 Å². The van der Waals surface area contributed by atoms with Crippen LogP contribution < -0.4 is 11.5 Å². The molecule has 0 aromatic heterocycles. The molecule has 0 spiro atoms. The van der Waals surface area contributed by atoms with E-state index in [1.54, 1.807) is 30.3 Å². The van der Waals surface area contributed by atoms with Gasteiger partial charge in [0.15, 0.2) is 0 Å². The van der Waals surface area contributed by atoms with Gasteiger partial charge in [-0.25, -0.2) is 0 Å². The first-order chi connectivity index (χ1) is 10.4. The van der Waals surface area contributed by atoms with E-state index in [9.17, 15) is 13.2 Å². The molecule has 4 N–H and O–H groups in total. The Balaban J connectivity index is 2.43. The van der Waals surface area contributed by atoms with E-state index in [-0.39, 0.29) is 11.5 Å². The summed E-state index contributed by atoms with van der Waals surface area (Å²) in [4.78, 5) is 0. The summed E-state index contributed by atoms with van der Waals surface area (Å²) in [5.41, 5.74) is 10.7. The number of alkyl halides is 3. The number of guanidine groups is 1. The first-order valence-electron chi connectivity index (χ1n) is 6.26. The van der Waals surface area contributed by atoms with Crippen molar-refractivity contribution in [1.82, 2.24) is 0 Å². The summed E-state index contributed by atoms with van der Waals surface area (Å²) in [7, 11) is 0. The minimum atomic E-state index is -4.42. The maximum Gasteiger partial charge on any atom is 0.417 e. The molecule has 0 radical (unpaired) electrons. The predicted molar refractivity (Wildman–Crippen MR) is 80.3 cm³/mol. The SMILES string of the molecule is NC(N)=N/N=C/c1cccc(-c2ccccc2C(F)(F)F)c1. The quantitative estimate of drug-likeness (QED) is 0.519. The Morgan fingerprint density at radius 3 is 2.41 bits per heavy atom. The van der Waals surface area contributed by atoms with Crippen LogP contribution in [0.3, 0.4) is 0 Å². The summed E-state index contributed by atoms with van der Waals surface area (Å²) in [6, 6.07) is 11.9. The third-order valence-corrected chi connectivity index (χ3v) is 2.81. The van der Waals surface area contributed by atoms with Gasteiger partial charge in [-0.05, 0) is 28.8 Å². The summed E-state index contributed by atoms with van der Waals surface area (Å²) in [5, 5.41) is 7.08. The van der Waals surface area contributed by atoms with Crippen molar-refractivity contribution >= 4 is 12.2 Å². The molecule has 0 heterocycles. The topological polar surface area (TPSA) is 76.8 Å². The Bertz CT molecular complexity index is 717. The standard InChI is InChI=1S/C15H13F3N4/c16-15(17,18)13-7-2-1-6-12(13)11-5-3-4-10(8-11)9-21-22-14(19)20/h1-9H,(H4,19,20,22)/b21-9+. The van der Waals surface area contributed by atoms with Gasteiger partial charge in [-0.2, -0.15) is 18.3 Å². The van der Waals surface area contributed by atoms with Crippen LogP contribution in [0.5, 0.6) is 0 Å². The van der Waals surface area contributed by atoms with Crippen LogP contribution in [-0.4, -0.2) is 12.2 Å². The molecule has 4 nitrogen and oxygen atoms in total. The number of benzene rings is 2. The molecule has 22 heavy (non-hydrogen) atoms. The molecule has 0 aliphatic rings. The third kappa shape index (κ3) is 3.85. The highest BCUT2D eigenvalue weighted by Gasteiger charge is 2.33. The van der Waals surface area contributed by atoms with E-state index in [0.717, 1.165) is 6.07 Å². The average molecular weight is 306 g/mol. The number of hydrogen-bond donors (Lipinski definition) is 2. The Morgan fingerprint density at radius 1 is 1.00 bits per heavy atom.